The van der Waals surface area contributed by atoms with Gasteiger partial charge in [0, 0.05) is 56.8 Å². The van der Waals surface area contributed by atoms with Crippen molar-refractivity contribution < 1.29 is 4.79 Å². The normalized spacial score (nSPS) is 18.0. The van der Waals surface area contributed by atoms with E-state index in [9.17, 15) is 4.79 Å². The highest BCUT2D eigenvalue weighted by atomic mass is 16.1. The number of piperazine rings is 1. The molecule has 0 atom stereocenters. The molecule has 0 aliphatic carbocycles. The van der Waals surface area contributed by atoms with E-state index in [0.29, 0.717) is 11.6 Å². The first-order valence-corrected chi connectivity index (χ1v) is 10.7. The van der Waals surface area contributed by atoms with Gasteiger partial charge < -0.3 is 20.0 Å². The Kier molecular flexibility index (Phi) is 6.24. The molecule has 3 heterocycles. The summed E-state index contributed by atoms with van der Waals surface area (Å²) in [4.78, 5) is 28.5. The van der Waals surface area contributed by atoms with Gasteiger partial charge in [0.2, 0.25) is 5.95 Å². The number of anilines is 3. The van der Waals surface area contributed by atoms with E-state index in [4.69, 9.17) is 0 Å². The summed E-state index contributed by atoms with van der Waals surface area (Å²) in [6, 6.07) is 9.77. The average molecular weight is 395 g/mol. The lowest BCUT2D eigenvalue weighted by Crippen LogP contribution is -2.46. The van der Waals surface area contributed by atoms with Gasteiger partial charge in [0.1, 0.15) is 5.69 Å². The van der Waals surface area contributed by atoms with Gasteiger partial charge in [-0.05, 0) is 56.1 Å². The second-order valence-corrected chi connectivity index (χ2v) is 7.71. The number of benzene rings is 1. The van der Waals surface area contributed by atoms with Crippen molar-refractivity contribution in [1.82, 2.24) is 14.9 Å². The van der Waals surface area contributed by atoms with Crippen LogP contribution in [-0.4, -0.2) is 66.6 Å². The lowest BCUT2D eigenvalue weighted by Gasteiger charge is -2.34. The Morgan fingerprint density at radius 3 is 2.34 bits per heavy atom. The molecule has 0 radical (unpaired) electrons. The van der Waals surface area contributed by atoms with Gasteiger partial charge in [-0.15, -0.1) is 0 Å². The second-order valence-electron chi connectivity index (χ2n) is 7.71. The van der Waals surface area contributed by atoms with E-state index < -0.39 is 0 Å². The highest BCUT2D eigenvalue weighted by Crippen LogP contribution is 2.22. The third-order valence-electron chi connectivity index (χ3n) is 5.82. The van der Waals surface area contributed by atoms with Gasteiger partial charge in [-0.2, -0.15) is 0 Å². The maximum Gasteiger partial charge on any atom is 0.274 e. The fourth-order valence-electron chi connectivity index (χ4n) is 3.99. The van der Waals surface area contributed by atoms with Gasteiger partial charge in [0.05, 0.1) is 0 Å². The smallest absolute Gasteiger partial charge is 0.274 e. The summed E-state index contributed by atoms with van der Waals surface area (Å²) in [6.45, 7) is 9.24. The fraction of sp³-hybridized carbons (Fsp3) is 0.500. The molecule has 2 fully saturated rings. The zero-order valence-electron chi connectivity index (χ0n) is 17.2. The van der Waals surface area contributed by atoms with Crippen LogP contribution in [0, 0.1) is 0 Å². The standard InChI is InChI=1S/C22H30N6O/c1-2-26-14-16-28(17-15-26)22-23-11-10-20(25-22)21(29)24-18-6-8-19(9-7-18)27-12-4-3-5-13-27/h6-11H,2-5,12-17H2,1H3,(H,24,29). The van der Waals surface area contributed by atoms with Crippen molar-refractivity contribution in [3.8, 4) is 0 Å². The van der Waals surface area contributed by atoms with Crippen LogP contribution in [0.4, 0.5) is 17.3 Å². The maximum absolute atomic E-state index is 12.7. The Morgan fingerprint density at radius 1 is 0.931 bits per heavy atom. The number of amides is 1. The van der Waals surface area contributed by atoms with Gasteiger partial charge in [-0.3, -0.25) is 4.79 Å². The molecule has 2 aromatic rings. The number of nitrogens with one attached hydrogen (secondary N) is 1. The van der Waals surface area contributed by atoms with Crippen molar-refractivity contribution in [2.24, 2.45) is 0 Å². The zero-order valence-corrected chi connectivity index (χ0v) is 17.2. The quantitative estimate of drug-likeness (QED) is 0.841. The number of carbonyl (C=O) groups excluding carboxylic acids is 1. The Bertz CT molecular complexity index is 810. The molecule has 154 valence electrons. The number of rotatable bonds is 5. The third-order valence-corrected chi connectivity index (χ3v) is 5.82. The van der Waals surface area contributed by atoms with Crippen molar-refractivity contribution in [2.45, 2.75) is 26.2 Å². The molecule has 2 aliphatic rings. The molecule has 7 heteroatoms. The molecular formula is C22H30N6O. The van der Waals surface area contributed by atoms with Crippen LogP contribution in [0.3, 0.4) is 0 Å². The van der Waals surface area contributed by atoms with Crippen LogP contribution >= 0.6 is 0 Å². The summed E-state index contributed by atoms with van der Waals surface area (Å²) >= 11 is 0. The Morgan fingerprint density at radius 2 is 1.66 bits per heavy atom. The molecular weight excluding hydrogens is 364 g/mol. The second kappa shape index (κ2) is 9.22. The van der Waals surface area contributed by atoms with Crippen LogP contribution in [0.15, 0.2) is 36.5 Å². The van der Waals surface area contributed by atoms with E-state index >= 15 is 0 Å². The molecule has 29 heavy (non-hydrogen) atoms. The highest BCUT2D eigenvalue weighted by molar-refractivity contribution is 6.03. The largest absolute Gasteiger partial charge is 0.372 e. The third kappa shape index (κ3) is 4.85. The van der Waals surface area contributed by atoms with E-state index in [1.54, 1.807) is 12.3 Å². The summed E-state index contributed by atoms with van der Waals surface area (Å²) in [5, 5.41) is 2.96. The monoisotopic (exact) mass is 394 g/mol. The molecule has 0 unspecified atom stereocenters. The van der Waals surface area contributed by atoms with E-state index in [2.05, 4.69) is 49.0 Å². The predicted octanol–water partition coefficient (Wildman–Crippen LogP) is 2.86. The minimum atomic E-state index is -0.202. The van der Waals surface area contributed by atoms with Crippen LogP contribution in [0.25, 0.3) is 0 Å². The van der Waals surface area contributed by atoms with Crippen molar-refractivity contribution >= 4 is 23.2 Å². The van der Waals surface area contributed by atoms with Crippen molar-refractivity contribution in [3.63, 3.8) is 0 Å². The molecule has 2 aliphatic heterocycles. The first-order chi connectivity index (χ1) is 14.2. The average Bonchev–Trinajstić information content (AvgIpc) is 2.80. The molecule has 0 spiro atoms. The Hall–Kier alpha value is -2.67. The lowest BCUT2D eigenvalue weighted by molar-refractivity contribution is 0.102. The molecule has 1 amide bonds. The van der Waals surface area contributed by atoms with E-state index in [1.807, 2.05) is 12.1 Å². The number of carbonyl (C=O) groups is 1. The van der Waals surface area contributed by atoms with Crippen LogP contribution in [0.2, 0.25) is 0 Å². The summed E-state index contributed by atoms with van der Waals surface area (Å²) in [6.07, 6.45) is 5.49. The fourth-order valence-corrected chi connectivity index (χ4v) is 3.99. The number of hydrogen-bond acceptors (Lipinski definition) is 6. The molecule has 1 N–H and O–H groups in total. The number of nitrogens with zero attached hydrogens (tertiary/aromatic N) is 5. The first kappa shape index (κ1) is 19.6. The van der Waals surface area contributed by atoms with Gasteiger partial charge >= 0.3 is 0 Å². The minimum Gasteiger partial charge on any atom is -0.372 e. The van der Waals surface area contributed by atoms with Crippen LogP contribution in [-0.2, 0) is 0 Å². The van der Waals surface area contributed by atoms with Crippen molar-refractivity contribution in [1.29, 1.82) is 0 Å². The van der Waals surface area contributed by atoms with Gasteiger partial charge in [0.25, 0.3) is 5.91 Å². The summed E-state index contributed by atoms with van der Waals surface area (Å²) in [5.41, 5.74) is 2.40. The summed E-state index contributed by atoms with van der Waals surface area (Å²) in [5.74, 6) is 0.431. The first-order valence-electron chi connectivity index (χ1n) is 10.7. The topological polar surface area (TPSA) is 64.6 Å². The molecule has 7 nitrogen and oxygen atoms in total. The maximum atomic E-state index is 12.7. The van der Waals surface area contributed by atoms with Gasteiger partial charge in [-0.25, -0.2) is 9.97 Å². The zero-order chi connectivity index (χ0) is 20.1. The number of likely N-dealkylation sites (N-methyl/N-ethyl adjacent to an activating group) is 1. The molecule has 1 aromatic heterocycles. The van der Waals surface area contributed by atoms with Crippen LogP contribution in [0.5, 0.6) is 0 Å². The molecule has 1 aromatic carbocycles. The number of aromatic nitrogens is 2. The SMILES string of the molecule is CCN1CCN(c2nccc(C(=O)Nc3ccc(N4CCCCC4)cc3)n2)CC1. The summed E-state index contributed by atoms with van der Waals surface area (Å²) in [7, 11) is 0. The lowest BCUT2D eigenvalue weighted by atomic mass is 10.1. The number of hydrogen-bond donors (Lipinski definition) is 1. The van der Waals surface area contributed by atoms with Crippen molar-refractivity contribution in [3.05, 3.63) is 42.2 Å². The minimum absolute atomic E-state index is 0.202. The Labute approximate surface area is 172 Å². The molecule has 0 saturated carbocycles. The van der Waals surface area contributed by atoms with Crippen LogP contribution < -0.4 is 15.1 Å². The van der Waals surface area contributed by atoms with Gasteiger partial charge in [0.15, 0.2) is 0 Å². The van der Waals surface area contributed by atoms with E-state index in [-0.39, 0.29) is 5.91 Å². The van der Waals surface area contributed by atoms with Crippen molar-refractivity contribution in [2.75, 3.05) is 60.9 Å². The van der Waals surface area contributed by atoms with E-state index in [1.165, 1.54) is 24.9 Å². The molecule has 0 bridgehead atoms. The number of piperidine rings is 1. The summed E-state index contributed by atoms with van der Waals surface area (Å²) < 4.78 is 0. The van der Waals surface area contributed by atoms with E-state index in [0.717, 1.165) is 51.5 Å². The van der Waals surface area contributed by atoms with Gasteiger partial charge in [-0.1, -0.05) is 6.92 Å². The molecule has 2 saturated heterocycles. The van der Waals surface area contributed by atoms with Crippen LogP contribution in [0.1, 0.15) is 36.7 Å². The Balaban J connectivity index is 1.38. The highest BCUT2D eigenvalue weighted by Gasteiger charge is 2.19. The predicted molar refractivity (Wildman–Crippen MR) is 117 cm³/mol. The molecule has 4 rings (SSSR count).